The van der Waals surface area contributed by atoms with Gasteiger partial charge in [0.25, 0.3) is 11.8 Å². The highest BCUT2D eigenvalue weighted by atomic mass is 16.2. The van der Waals surface area contributed by atoms with Gasteiger partial charge in [0.15, 0.2) is 0 Å². The monoisotopic (exact) mass is 270 g/mol. The Labute approximate surface area is 115 Å². The zero-order valence-corrected chi connectivity index (χ0v) is 11.3. The minimum absolute atomic E-state index is 0.228. The molecule has 3 rings (SSSR count). The van der Waals surface area contributed by atoms with Gasteiger partial charge in [0.1, 0.15) is 0 Å². The van der Waals surface area contributed by atoms with E-state index in [1.165, 1.54) is 4.90 Å². The van der Waals surface area contributed by atoms with Gasteiger partial charge >= 0.3 is 0 Å². The fourth-order valence-corrected chi connectivity index (χ4v) is 2.43. The number of imide groups is 1. The van der Waals surface area contributed by atoms with Crippen LogP contribution in [0.25, 0.3) is 0 Å². The summed E-state index contributed by atoms with van der Waals surface area (Å²) in [7, 11) is 1.81. The summed E-state index contributed by atoms with van der Waals surface area (Å²) in [5, 5.41) is 4.21. The van der Waals surface area contributed by atoms with Crippen molar-refractivity contribution in [1.82, 2.24) is 14.7 Å². The first-order chi connectivity index (χ1) is 9.47. The number of benzene rings is 1. The second-order valence-electron chi connectivity index (χ2n) is 4.91. The van der Waals surface area contributed by atoms with Gasteiger partial charge in [-0.25, -0.2) is 0 Å². The third kappa shape index (κ3) is 1.77. The maximum Gasteiger partial charge on any atom is 0.261 e. The fraction of sp³-hybridized carbons (Fsp3) is 0.214. The van der Waals surface area contributed by atoms with E-state index in [2.05, 4.69) is 5.10 Å². The molecule has 1 aromatic heterocycles. The topological polar surface area (TPSA) is 81.2 Å². The van der Waals surface area contributed by atoms with Crippen LogP contribution in [0.4, 0.5) is 5.69 Å². The fourth-order valence-electron chi connectivity index (χ4n) is 2.43. The molecule has 2 amide bonds. The van der Waals surface area contributed by atoms with Crippen LogP contribution in [0, 0.1) is 6.92 Å². The van der Waals surface area contributed by atoms with E-state index in [1.54, 1.807) is 29.9 Å². The second kappa shape index (κ2) is 4.19. The minimum atomic E-state index is -0.305. The number of anilines is 1. The van der Waals surface area contributed by atoms with Crippen molar-refractivity contribution in [3.8, 4) is 0 Å². The van der Waals surface area contributed by atoms with E-state index in [0.717, 1.165) is 11.3 Å². The molecule has 0 atom stereocenters. The molecule has 0 unspecified atom stereocenters. The van der Waals surface area contributed by atoms with Crippen LogP contribution < -0.4 is 5.73 Å². The molecule has 0 radical (unpaired) electrons. The van der Waals surface area contributed by atoms with E-state index in [4.69, 9.17) is 5.73 Å². The molecular weight excluding hydrogens is 256 g/mol. The normalized spacial score (nSPS) is 14.0. The Morgan fingerprint density at radius 1 is 1.20 bits per heavy atom. The zero-order valence-electron chi connectivity index (χ0n) is 11.3. The lowest BCUT2D eigenvalue weighted by molar-refractivity contribution is 0.0642. The van der Waals surface area contributed by atoms with Crippen LogP contribution in [0.2, 0.25) is 0 Å². The number of hydrogen-bond donors (Lipinski definition) is 1. The highest BCUT2D eigenvalue weighted by Gasteiger charge is 2.35. The van der Waals surface area contributed by atoms with Crippen LogP contribution in [-0.4, -0.2) is 26.5 Å². The average molecular weight is 270 g/mol. The van der Waals surface area contributed by atoms with Gasteiger partial charge < -0.3 is 5.73 Å². The van der Waals surface area contributed by atoms with Gasteiger partial charge in [-0.1, -0.05) is 0 Å². The summed E-state index contributed by atoms with van der Waals surface area (Å²) < 4.78 is 1.67. The Balaban J connectivity index is 1.96. The van der Waals surface area contributed by atoms with Gasteiger partial charge in [-0.2, -0.15) is 5.10 Å². The SMILES string of the molecule is Cc1nn(C)cc1CN1C(=O)c2ccc(N)cc2C1=O. The van der Waals surface area contributed by atoms with Crippen molar-refractivity contribution in [3.05, 3.63) is 46.8 Å². The number of carbonyl (C=O) groups excluding carboxylic acids is 2. The van der Waals surface area contributed by atoms with Crippen LogP contribution in [-0.2, 0) is 13.6 Å². The van der Waals surface area contributed by atoms with E-state index in [9.17, 15) is 9.59 Å². The molecule has 0 aliphatic carbocycles. The van der Waals surface area contributed by atoms with E-state index >= 15 is 0 Å². The zero-order chi connectivity index (χ0) is 14.4. The molecule has 2 aromatic rings. The second-order valence-corrected chi connectivity index (χ2v) is 4.91. The van der Waals surface area contributed by atoms with Gasteiger partial charge in [0.2, 0.25) is 0 Å². The standard InChI is InChI=1S/C14H14N4O2/c1-8-9(6-17(2)16-8)7-18-13(19)11-4-3-10(15)5-12(11)14(18)20/h3-6H,7,15H2,1-2H3. The third-order valence-electron chi connectivity index (χ3n) is 3.44. The summed E-state index contributed by atoms with van der Waals surface area (Å²) >= 11 is 0. The van der Waals surface area contributed by atoms with Crippen molar-refractivity contribution < 1.29 is 9.59 Å². The summed E-state index contributed by atoms with van der Waals surface area (Å²) in [5.74, 6) is -0.589. The highest BCUT2D eigenvalue weighted by Crippen LogP contribution is 2.26. The molecular formula is C14H14N4O2. The summed E-state index contributed by atoms with van der Waals surface area (Å²) in [5.41, 5.74) is 8.59. The molecule has 6 nitrogen and oxygen atoms in total. The van der Waals surface area contributed by atoms with Gasteiger partial charge in [-0.15, -0.1) is 0 Å². The number of aromatic nitrogens is 2. The number of nitrogens with zero attached hydrogens (tertiary/aromatic N) is 3. The molecule has 0 fully saturated rings. The van der Waals surface area contributed by atoms with Crippen molar-refractivity contribution in [2.45, 2.75) is 13.5 Å². The molecule has 0 saturated heterocycles. The Kier molecular flexibility index (Phi) is 2.60. The first-order valence-electron chi connectivity index (χ1n) is 6.22. The molecule has 0 spiro atoms. The van der Waals surface area contributed by atoms with Gasteiger partial charge in [-0.3, -0.25) is 19.2 Å². The number of hydrogen-bond acceptors (Lipinski definition) is 4. The molecule has 2 N–H and O–H groups in total. The number of carbonyl (C=O) groups is 2. The van der Waals surface area contributed by atoms with Crippen molar-refractivity contribution in [1.29, 1.82) is 0 Å². The number of aryl methyl sites for hydroxylation is 2. The molecule has 0 bridgehead atoms. The molecule has 1 aliphatic rings. The van der Waals surface area contributed by atoms with Crippen LogP contribution in [0.15, 0.2) is 24.4 Å². The van der Waals surface area contributed by atoms with Crippen LogP contribution in [0.1, 0.15) is 32.0 Å². The molecule has 2 heterocycles. The Hall–Kier alpha value is -2.63. The largest absolute Gasteiger partial charge is 0.399 e. The highest BCUT2D eigenvalue weighted by molar-refractivity contribution is 6.21. The first kappa shape index (κ1) is 12.4. The molecule has 20 heavy (non-hydrogen) atoms. The molecule has 102 valence electrons. The molecule has 0 saturated carbocycles. The third-order valence-corrected chi connectivity index (χ3v) is 3.44. The predicted octanol–water partition coefficient (Wildman–Crippen LogP) is 1.11. The lowest BCUT2D eigenvalue weighted by Crippen LogP contribution is -2.29. The maximum atomic E-state index is 12.3. The number of amides is 2. The van der Waals surface area contributed by atoms with Crippen LogP contribution in [0.3, 0.4) is 0 Å². The quantitative estimate of drug-likeness (QED) is 0.654. The Morgan fingerprint density at radius 2 is 1.90 bits per heavy atom. The van der Waals surface area contributed by atoms with Gasteiger partial charge in [0.05, 0.1) is 23.4 Å². The molecule has 1 aromatic carbocycles. The predicted molar refractivity (Wildman–Crippen MR) is 73.0 cm³/mol. The van der Waals surface area contributed by atoms with E-state index in [0.29, 0.717) is 16.8 Å². The molecule has 1 aliphatic heterocycles. The maximum absolute atomic E-state index is 12.3. The first-order valence-corrected chi connectivity index (χ1v) is 6.22. The number of rotatable bonds is 2. The Bertz CT molecular complexity index is 733. The van der Waals surface area contributed by atoms with Crippen molar-refractivity contribution in [2.75, 3.05) is 5.73 Å². The molecule has 6 heteroatoms. The van der Waals surface area contributed by atoms with Crippen molar-refractivity contribution in [2.24, 2.45) is 7.05 Å². The van der Waals surface area contributed by atoms with Crippen molar-refractivity contribution in [3.63, 3.8) is 0 Å². The van der Waals surface area contributed by atoms with Crippen LogP contribution in [0.5, 0.6) is 0 Å². The van der Waals surface area contributed by atoms with Gasteiger partial charge in [0, 0.05) is 24.5 Å². The number of nitrogen functional groups attached to an aromatic ring is 1. The summed E-state index contributed by atoms with van der Waals surface area (Å²) in [6, 6.07) is 4.77. The average Bonchev–Trinajstić information content (AvgIpc) is 2.82. The lowest BCUT2D eigenvalue weighted by Gasteiger charge is -2.12. The lowest BCUT2D eigenvalue weighted by atomic mass is 10.1. The van der Waals surface area contributed by atoms with E-state index in [1.807, 2.05) is 13.1 Å². The smallest absolute Gasteiger partial charge is 0.261 e. The Morgan fingerprint density at radius 3 is 2.55 bits per heavy atom. The number of fused-ring (bicyclic) bond motifs is 1. The van der Waals surface area contributed by atoms with Crippen molar-refractivity contribution >= 4 is 17.5 Å². The van der Waals surface area contributed by atoms with E-state index < -0.39 is 0 Å². The summed E-state index contributed by atoms with van der Waals surface area (Å²) in [4.78, 5) is 25.8. The van der Waals surface area contributed by atoms with E-state index in [-0.39, 0.29) is 18.4 Å². The summed E-state index contributed by atoms with van der Waals surface area (Å²) in [6.45, 7) is 2.08. The van der Waals surface area contributed by atoms with Crippen LogP contribution >= 0.6 is 0 Å². The minimum Gasteiger partial charge on any atom is -0.399 e. The number of nitrogens with two attached hydrogens (primary N) is 1. The van der Waals surface area contributed by atoms with Gasteiger partial charge in [-0.05, 0) is 25.1 Å². The summed E-state index contributed by atoms with van der Waals surface area (Å²) in [6.07, 6.45) is 1.81.